The fraction of sp³-hybridized carbons (Fsp3) is 0.400. The Hall–Kier alpha value is -2.23. The second kappa shape index (κ2) is 6.28. The van der Waals surface area contributed by atoms with Gasteiger partial charge in [-0.25, -0.2) is 18.2 Å². The average molecular weight is 303 g/mol. The molecule has 1 rings (SSSR count). The Morgan fingerprint density at radius 3 is 2.70 bits per heavy atom. The summed E-state index contributed by atoms with van der Waals surface area (Å²) in [5.41, 5.74) is -1.07. The number of rotatable bonds is 7. The number of nitrogens with zero attached hydrogens (tertiary/aromatic N) is 2. The van der Waals surface area contributed by atoms with Gasteiger partial charge in [-0.2, -0.15) is 0 Å². The highest BCUT2D eigenvalue weighted by atomic mass is 32.2. The summed E-state index contributed by atoms with van der Waals surface area (Å²) < 4.78 is 21.8. The number of hydrogen-bond acceptors (Lipinski definition) is 7. The molecule has 2 N–H and O–H groups in total. The lowest BCUT2D eigenvalue weighted by molar-refractivity contribution is -0.385. The number of hydrogen-bond donors (Lipinski definition) is 2. The maximum atomic E-state index is 10.9. The van der Waals surface area contributed by atoms with E-state index in [0.717, 1.165) is 18.5 Å². The standard InChI is InChI=1S/C10H13N3O6S/c1-20(18,19)4-2-3-11-9-5-7(10(14)15)8(6-12-9)13(16)17/h5-6H,2-4H2,1H3,(H,11,12)(H,14,15). The van der Waals surface area contributed by atoms with Crippen molar-refractivity contribution in [2.45, 2.75) is 6.42 Å². The van der Waals surface area contributed by atoms with Crippen LogP contribution in [0.5, 0.6) is 0 Å². The molecule has 0 saturated heterocycles. The molecule has 0 fully saturated rings. The number of carboxylic acid groups (broad SMARTS) is 1. The number of pyridine rings is 1. The van der Waals surface area contributed by atoms with E-state index in [1.165, 1.54) is 0 Å². The summed E-state index contributed by atoms with van der Waals surface area (Å²) in [7, 11) is -3.06. The van der Waals surface area contributed by atoms with Crippen molar-refractivity contribution in [3.8, 4) is 0 Å². The molecule has 0 aliphatic rings. The van der Waals surface area contributed by atoms with E-state index in [9.17, 15) is 23.3 Å². The zero-order valence-corrected chi connectivity index (χ0v) is 11.4. The van der Waals surface area contributed by atoms with Gasteiger partial charge >= 0.3 is 11.7 Å². The molecule has 9 nitrogen and oxygen atoms in total. The normalized spacial score (nSPS) is 11.1. The molecule has 1 aromatic rings. The van der Waals surface area contributed by atoms with Crippen LogP contribution in [0.1, 0.15) is 16.8 Å². The van der Waals surface area contributed by atoms with Crippen molar-refractivity contribution in [2.24, 2.45) is 0 Å². The van der Waals surface area contributed by atoms with Gasteiger partial charge in [0.2, 0.25) is 0 Å². The molecule has 0 aromatic carbocycles. The van der Waals surface area contributed by atoms with Gasteiger partial charge in [-0.05, 0) is 6.42 Å². The quantitative estimate of drug-likeness (QED) is 0.422. The van der Waals surface area contributed by atoms with Crippen molar-refractivity contribution in [3.05, 3.63) is 27.9 Å². The first-order chi connectivity index (χ1) is 9.20. The number of nitrogens with one attached hydrogen (secondary N) is 1. The number of carboxylic acids is 1. The molecule has 0 radical (unpaired) electrons. The number of carbonyl (C=O) groups is 1. The third-order valence-corrected chi connectivity index (χ3v) is 3.34. The van der Waals surface area contributed by atoms with Crippen LogP contribution in [0, 0.1) is 10.1 Å². The van der Waals surface area contributed by atoms with E-state index in [-0.39, 0.29) is 18.1 Å². The van der Waals surface area contributed by atoms with Gasteiger partial charge in [0.15, 0.2) is 0 Å². The molecule has 0 aliphatic heterocycles. The smallest absolute Gasteiger partial charge is 0.342 e. The van der Waals surface area contributed by atoms with E-state index in [1.807, 2.05) is 0 Å². The Labute approximate surface area is 114 Å². The number of nitro groups is 1. The highest BCUT2D eigenvalue weighted by Crippen LogP contribution is 2.20. The fourth-order valence-electron chi connectivity index (χ4n) is 1.41. The van der Waals surface area contributed by atoms with E-state index in [2.05, 4.69) is 10.3 Å². The summed E-state index contributed by atoms with van der Waals surface area (Å²) in [5, 5.41) is 22.2. The average Bonchev–Trinajstić information content (AvgIpc) is 2.33. The first-order valence-electron chi connectivity index (χ1n) is 5.50. The summed E-state index contributed by atoms with van der Waals surface area (Å²) in [6, 6.07) is 1.04. The highest BCUT2D eigenvalue weighted by molar-refractivity contribution is 7.90. The third-order valence-electron chi connectivity index (χ3n) is 2.31. The van der Waals surface area contributed by atoms with Gasteiger partial charge in [0, 0.05) is 18.9 Å². The summed E-state index contributed by atoms with van der Waals surface area (Å²) >= 11 is 0. The summed E-state index contributed by atoms with van der Waals surface area (Å²) in [6.45, 7) is 0.261. The summed E-state index contributed by atoms with van der Waals surface area (Å²) in [5.74, 6) is -1.31. The van der Waals surface area contributed by atoms with E-state index in [4.69, 9.17) is 5.11 Å². The molecule has 0 unspecified atom stereocenters. The van der Waals surface area contributed by atoms with Crippen molar-refractivity contribution in [1.29, 1.82) is 0 Å². The first-order valence-corrected chi connectivity index (χ1v) is 7.56. The van der Waals surface area contributed by atoms with Crippen LogP contribution in [-0.4, -0.2) is 48.0 Å². The van der Waals surface area contributed by atoms with Crippen LogP contribution in [0.3, 0.4) is 0 Å². The topological polar surface area (TPSA) is 140 Å². The molecular formula is C10H13N3O6S. The largest absolute Gasteiger partial charge is 0.477 e. The lowest BCUT2D eigenvalue weighted by atomic mass is 10.2. The molecule has 0 saturated carbocycles. The minimum atomic E-state index is -3.06. The van der Waals surface area contributed by atoms with Crippen molar-refractivity contribution < 1.29 is 23.2 Å². The molecule has 1 heterocycles. The lowest BCUT2D eigenvalue weighted by Crippen LogP contribution is -2.11. The predicted molar refractivity (Wildman–Crippen MR) is 70.7 cm³/mol. The second-order valence-corrected chi connectivity index (χ2v) is 6.32. The number of aromatic nitrogens is 1. The molecule has 20 heavy (non-hydrogen) atoms. The summed E-state index contributed by atoms with van der Waals surface area (Å²) in [4.78, 5) is 24.4. The van der Waals surface area contributed by atoms with Crippen LogP contribution in [0.15, 0.2) is 12.3 Å². The minimum Gasteiger partial charge on any atom is -0.477 e. The highest BCUT2D eigenvalue weighted by Gasteiger charge is 2.20. The van der Waals surface area contributed by atoms with E-state index >= 15 is 0 Å². The lowest BCUT2D eigenvalue weighted by Gasteiger charge is -2.06. The van der Waals surface area contributed by atoms with Crippen LogP contribution in [0.4, 0.5) is 11.5 Å². The molecular weight excluding hydrogens is 290 g/mol. The van der Waals surface area contributed by atoms with Crippen molar-refractivity contribution in [1.82, 2.24) is 4.98 Å². The van der Waals surface area contributed by atoms with Crippen LogP contribution < -0.4 is 5.32 Å². The monoisotopic (exact) mass is 303 g/mol. The Kier molecular flexibility index (Phi) is 4.97. The number of aromatic carboxylic acids is 1. The van der Waals surface area contributed by atoms with Gasteiger partial charge in [0.1, 0.15) is 27.4 Å². The molecule has 0 atom stereocenters. The van der Waals surface area contributed by atoms with Gasteiger partial charge in [-0.3, -0.25) is 10.1 Å². The van der Waals surface area contributed by atoms with Crippen LogP contribution in [0.2, 0.25) is 0 Å². The molecule has 110 valence electrons. The zero-order chi connectivity index (χ0) is 15.3. The molecule has 10 heteroatoms. The Balaban J connectivity index is 2.75. The fourth-order valence-corrected chi connectivity index (χ4v) is 2.08. The SMILES string of the molecule is CS(=O)(=O)CCCNc1cc(C(=O)O)c([N+](=O)[O-])cn1. The van der Waals surface area contributed by atoms with Crippen LogP contribution in [-0.2, 0) is 9.84 Å². The first kappa shape index (κ1) is 15.8. The number of sulfone groups is 1. The maximum absolute atomic E-state index is 10.9. The Bertz CT molecular complexity index is 628. The molecule has 1 aromatic heterocycles. The zero-order valence-electron chi connectivity index (χ0n) is 10.6. The minimum absolute atomic E-state index is 0.0151. The van der Waals surface area contributed by atoms with Gasteiger partial charge in [-0.1, -0.05) is 0 Å². The molecule has 0 spiro atoms. The maximum Gasteiger partial charge on any atom is 0.342 e. The van der Waals surface area contributed by atoms with Crippen molar-refractivity contribution >= 4 is 27.3 Å². The van der Waals surface area contributed by atoms with Crippen LogP contribution >= 0.6 is 0 Å². The van der Waals surface area contributed by atoms with E-state index in [1.54, 1.807) is 0 Å². The van der Waals surface area contributed by atoms with E-state index < -0.39 is 32.0 Å². The van der Waals surface area contributed by atoms with Crippen molar-refractivity contribution in [2.75, 3.05) is 23.9 Å². The molecule has 0 aliphatic carbocycles. The summed E-state index contributed by atoms with van der Waals surface area (Å²) in [6.07, 6.45) is 2.28. The van der Waals surface area contributed by atoms with E-state index in [0.29, 0.717) is 6.42 Å². The van der Waals surface area contributed by atoms with Crippen LogP contribution in [0.25, 0.3) is 0 Å². The van der Waals surface area contributed by atoms with Gasteiger partial charge in [-0.15, -0.1) is 0 Å². The third kappa shape index (κ3) is 4.80. The second-order valence-electron chi connectivity index (χ2n) is 4.06. The number of anilines is 1. The van der Waals surface area contributed by atoms with Gasteiger partial charge < -0.3 is 10.4 Å². The van der Waals surface area contributed by atoms with Gasteiger partial charge in [0.05, 0.1) is 10.7 Å². The van der Waals surface area contributed by atoms with Gasteiger partial charge in [0.25, 0.3) is 0 Å². The van der Waals surface area contributed by atoms with Crippen molar-refractivity contribution in [3.63, 3.8) is 0 Å². The Morgan fingerprint density at radius 2 is 2.20 bits per heavy atom. The Morgan fingerprint density at radius 1 is 1.55 bits per heavy atom. The molecule has 0 bridgehead atoms. The molecule has 0 amide bonds. The predicted octanol–water partition coefficient (Wildman–Crippen LogP) is 0.535.